The first-order chi connectivity index (χ1) is 9.61. The van der Waals surface area contributed by atoms with Crippen LogP contribution in [0.5, 0.6) is 0 Å². The fourth-order valence-electron chi connectivity index (χ4n) is 2.63. The molecule has 0 radical (unpaired) electrons. The molecule has 1 aromatic heterocycles. The second-order valence-electron chi connectivity index (χ2n) is 5.12. The Hall–Kier alpha value is -2.54. The zero-order valence-electron chi connectivity index (χ0n) is 11.6. The highest BCUT2D eigenvalue weighted by Gasteiger charge is 2.23. The first kappa shape index (κ1) is 12.5. The molecule has 4 heteroatoms. The largest absolute Gasteiger partial charge is 0.326 e. The van der Waals surface area contributed by atoms with Gasteiger partial charge >= 0.3 is 0 Å². The van der Waals surface area contributed by atoms with E-state index in [9.17, 15) is 4.79 Å². The van der Waals surface area contributed by atoms with Crippen molar-refractivity contribution in [1.82, 2.24) is 4.57 Å². The molecular formula is C16H15N3O. The summed E-state index contributed by atoms with van der Waals surface area (Å²) >= 11 is 0. The second-order valence-corrected chi connectivity index (χ2v) is 5.12. The van der Waals surface area contributed by atoms with Gasteiger partial charge in [-0.15, -0.1) is 0 Å². The van der Waals surface area contributed by atoms with Crippen LogP contribution >= 0.6 is 0 Å². The zero-order chi connectivity index (χ0) is 14.3. The van der Waals surface area contributed by atoms with E-state index in [0.29, 0.717) is 6.54 Å². The van der Waals surface area contributed by atoms with Gasteiger partial charge in [-0.1, -0.05) is 17.7 Å². The van der Waals surface area contributed by atoms with Gasteiger partial charge in [-0.05, 0) is 37.6 Å². The monoisotopic (exact) mass is 265 g/mol. The Kier molecular flexibility index (Phi) is 2.83. The lowest BCUT2D eigenvalue weighted by Gasteiger charge is -2.19. The molecule has 0 saturated carbocycles. The smallest absolute Gasteiger partial charge is 0.270 e. The van der Waals surface area contributed by atoms with E-state index in [2.05, 4.69) is 36.1 Å². The number of fused-ring (bicyclic) bond motifs is 1. The van der Waals surface area contributed by atoms with E-state index in [0.717, 1.165) is 23.6 Å². The Morgan fingerprint density at radius 2 is 1.85 bits per heavy atom. The molecule has 0 unspecified atom stereocenters. The minimum absolute atomic E-state index is 0.183. The van der Waals surface area contributed by atoms with Crippen LogP contribution < -0.4 is 10.5 Å². The maximum absolute atomic E-state index is 12.3. The summed E-state index contributed by atoms with van der Waals surface area (Å²) < 4.78 is 1.69. The molecule has 20 heavy (non-hydrogen) atoms. The summed E-state index contributed by atoms with van der Waals surface area (Å²) in [5, 5.41) is 9.07. The SMILES string of the molecule is Cc1ccc(N2CCn3c2cc(C)c(C#N)c3=O)cc1. The molecule has 0 bridgehead atoms. The number of aryl methyl sites for hydroxylation is 2. The first-order valence-corrected chi connectivity index (χ1v) is 6.60. The maximum atomic E-state index is 12.3. The highest BCUT2D eigenvalue weighted by Crippen LogP contribution is 2.29. The van der Waals surface area contributed by atoms with Gasteiger partial charge in [-0.3, -0.25) is 9.36 Å². The molecule has 4 nitrogen and oxygen atoms in total. The average molecular weight is 265 g/mol. The van der Waals surface area contributed by atoms with Gasteiger partial charge in [0.1, 0.15) is 17.5 Å². The number of pyridine rings is 1. The van der Waals surface area contributed by atoms with Crippen LogP contribution in [0.3, 0.4) is 0 Å². The highest BCUT2D eigenvalue weighted by molar-refractivity contribution is 5.64. The van der Waals surface area contributed by atoms with Crippen molar-refractivity contribution in [2.75, 3.05) is 11.4 Å². The molecule has 1 aliphatic heterocycles. The summed E-state index contributed by atoms with van der Waals surface area (Å²) in [5.41, 5.74) is 3.09. The Labute approximate surface area is 117 Å². The van der Waals surface area contributed by atoms with Crippen molar-refractivity contribution in [3.63, 3.8) is 0 Å². The first-order valence-electron chi connectivity index (χ1n) is 6.60. The van der Waals surface area contributed by atoms with Crippen LogP contribution in [0.25, 0.3) is 0 Å². The Morgan fingerprint density at radius 3 is 2.50 bits per heavy atom. The predicted octanol–water partition coefficient (Wildman–Crippen LogP) is 2.49. The van der Waals surface area contributed by atoms with Crippen LogP contribution in [0.2, 0.25) is 0 Å². The normalized spacial score (nSPS) is 13.2. The average Bonchev–Trinajstić information content (AvgIpc) is 2.84. The third-order valence-corrected chi connectivity index (χ3v) is 3.76. The van der Waals surface area contributed by atoms with Crippen molar-refractivity contribution >= 4 is 11.5 Å². The highest BCUT2D eigenvalue weighted by atomic mass is 16.1. The number of rotatable bonds is 1. The predicted molar refractivity (Wildman–Crippen MR) is 78.3 cm³/mol. The van der Waals surface area contributed by atoms with Gasteiger partial charge in [-0.25, -0.2) is 0 Å². The lowest BCUT2D eigenvalue weighted by molar-refractivity contribution is 0.763. The van der Waals surface area contributed by atoms with Gasteiger partial charge in [0.25, 0.3) is 5.56 Å². The summed E-state index contributed by atoms with van der Waals surface area (Å²) in [5.74, 6) is 0.871. The molecule has 2 aromatic rings. The molecular weight excluding hydrogens is 250 g/mol. The zero-order valence-corrected chi connectivity index (χ0v) is 11.6. The Morgan fingerprint density at radius 1 is 1.15 bits per heavy atom. The number of nitriles is 1. The molecule has 1 aromatic carbocycles. The van der Waals surface area contributed by atoms with E-state index in [4.69, 9.17) is 5.26 Å². The number of aromatic nitrogens is 1. The topological polar surface area (TPSA) is 49.0 Å². The van der Waals surface area contributed by atoms with Crippen molar-refractivity contribution in [3.8, 4) is 6.07 Å². The molecule has 3 rings (SSSR count). The van der Waals surface area contributed by atoms with Gasteiger partial charge in [0.05, 0.1) is 0 Å². The summed E-state index contributed by atoms with van der Waals surface area (Å²) in [4.78, 5) is 14.4. The van der Waals surface area contributed by atoms with Crippen LogP contribution in [0.15, 0.2) is 35.1 Å². The minimum Gasteiger partial charge on any atom is -0.326 e. The minimum atomic E-state index is -0.183. The molecule has 0 atom stereocenters. The van der Waals surface area contributed by atoms with Crippen molar-refractivity contribution in [2.24, 2.45) is 0 Å². The summed E-state index contributed by atoms with van der Waals surface area (Å²) in [6.45, 7) is 5.24. The lowest BCUT2D eigenvalue weighted by atomic mass is 10.1. The number of anilines is 2. The van der Waals surface area contributed by atoms with Crippen molar-refractivity contribution in [3.05, 3.63) is 57.4 Å². The summed E-state index contributed by atoms with van der Waals surface area (Å²) in [6, 6.07) is 12.2. The number of nitrogens with zero attached hydrogens (tertiary/aromatic N) is 3. The van der Waals surface area contributed by atoms with Crippen LogP contribution in [-0.4, -0.2) is 11.1 Å². The molecule has 0 aliphatic carbocycles. The fourth-order valence-corrected chi connectivity index (χ4v) is 2.63. The molecule has 0 fully saturated rings. The number of hydrogen-bond acceptors (Lipinski definition) is 3. The van der Waals surface area contributed by atoms with E-state index >= 15 is 0 Å². The molecule has 100 valence electrons. The van der Waals surface area contributed by atoms with Gasteiger partial charge in [0.15, 0.2) is 0 Å². The van der Waals surface area contributed by atoms with Crippen molar-refractivity contribution in [2.45, 2.75) is 20.4 Å². The van der Waals surface area contributed by atoms with Gasteiger partial charge in [0, 0.05) is 18.8 Å². The number of hydrogen-bond donors (Lipinski definition) is 0. The van der Waals surface area contributed by atoms with Crippen LogP contribution in [0, 0.1) is 25.2 Å². The van der Waals surface area contributed by atoms with E-state index in [1.54, 1.807) is 4.57 Å². The van der Waals surface area contributed by atoms with Gasteiger partial charge < -0.3 is 4.90 Å². The van der Waals surface area contributed by atoms with Crippen molar-refractivity contribution < 1.29 is 0 Å². The Balaban J connectivity index is 2.14. The molecule has 2 heterocycles. The Bertz CT molecular complexity index is 766. The van der Waals surface area contributed by atoms with Gasteiger partial charge in [0.2, 0.25) is 0 Å². The third-order valence-electron chi connectivity index (χ3n) is 3.76. The molecule has 0 amide bonds. The quantitative estimate of drug-likeness (QED) is 0.796. The maximum Gasteiger partial charge on any atom is 0.270 e. The second kappa shape index (κ2) is 4.53. The van der Waals surface area contributed by atoms with E-state index in [1.165, 1.54) is 5.56 Å². The van der Waals surface area contributed by atoms with E-state index in [1.807, 2.05) is 19.1 Å². The standard InChI is InChI=1S/C16H15N3O/c1-11-3-5-13(6-4-11)18-7-8-19-15(18)9-12(2)14(10-17)16(19)20/h3-6,9H,7-8H2,1-2H3. The fraction of sp³-hybridized carbons (Fsp3) is 0.250. The van der Waals surface area contributed by atoms with Crippen molar-refractivity contribution in [1.29, 1.82) is 5.26 Å². The van der Waals surface area contributed by atoms with E-state index < -0.39 is 0 Å². The summed E-state index contributed by atoms with van der Waals surface area (Å²) in [7, 11) is 0. The molecule has 0 spiro atoms. The molecule has 1 aliphatic rings. The van der Waals surface area contributed by atoms with E-state index in [-0.39, 0.29) is 11.1 Å². The van der Waals surface area contributed by atoms with Crippen LogP contribution in [0.4, 0.5) is 11.5 Å². The van der Waals surface area contributed by atoms with Crippen LogP contribution in [0.1, 0.15) is 16.7 Å². The van der Waals surface area contributed by atoms with Crippen LogP contribution in [-0.2, 0) is 6.54 Å². The summed E-state index contributed by atoms with van der Waals surface area (Å²) in [6.07, 6.45) is 0. The third kappa shape index (κ3) is 1.79. The lowest BCUT2D eigenvalue weighted by Crippen LogP contribution is -2.22. The van der Waals surface area contributed by atoms with Gasteiger partial charge in [-0.2, -0.15) is 5.26 Å². The molecule has 0 saturated heterocycles. The number of benzene rings is 1. The molecule has 0 N–H and O–H groups in total.